The van der Waals surface area contributed by atoms with E-state index in [1.165, 1.54) is 6.42 Å². The Morgan fingerprint density at radius 2 is 1.94 bits per heavy atom. The van der Waals surface area contributed by atoms with Crippen LogP contribution >= 0.6 is 0 Å². The number of rotatable bonds is 9. The van der Waals surface area contributed by atoms with Crippen molar-refractivity contribution in [2.45, 2.75) is 31.7 Å². The molecule has 0 saturated heterocycles. The highest BCUT2D eigenvalue weighted by Gasteiger charge is 2.23. The predicted octanol–water partition coefficient (Wildman–Crippen LogP) is 2.69. The van der Waals surface area contributed by atoms with Crippen molar-refractivity contribution >= 4 is 22.3 Å². The Kier molecular flexibility index (Phi) is 6.73. The smallest absolute Gasteiger partial charge is 0.255 e. The predicted molar refractivity (Wildman–Crippen MR) is 120 cm³/mol. The van der Waals surface area contributed by atoms with Crippen molar-refractivity contribution in [3.8, 4) is 11.4 Å². The highest BCUT2D eigenvalue weighted by atomic mass is 32.2. The zero-order valence-corrected chi connectivity index (χ0v) is 17.9. The lowest BCUT2D eigenvalue weighted by Gasteiger charge is -2.21. The average molecular weight is 440 g/mol. The summed E-state index contributed by atoms with van der Waals surface area (Å²) in [6.45, 7) is 0.883. The Morgan fingerprint density at radius 1 is 1.13 bits per heavy atom. The number of thiol groups is 1. The van der Waals surface area contributed by atoms with Gasteiger partial charge in [0.1, 0.15) is 10.7 Å². The van der Waals surface area contributed by atoms with Crippen molar-refractivity contribution < 1.29 is 13.2 Å². The number of nitrogens with zero attached hydrogens (tertiary/aromatic N) is 2. The van der Waals surface area contributed by atoms with Gasteiger partial charge in [-0.05, 0) is 54.8 Å². The van der Waals surface area contributed by atoms with Crippen molar-refractivity contribution in [3.05, 3.63) is 65.5 Å². The second kappa shape index (κ2) is 9.84. The van der Waals surface area contributed by atoms with Gasteiger partial charge >= 0.3 is 0 Å². The lowest BCUT2D eigenvalue weighted by molar-refractivity contribution is 0.102. The number of amides is 1. The summed E-state index contributed by atoms with van der Waals surface area (Å²) in [5.74, 6) is 1.99. The van der Waals surface area contributed by atoms with E-state index in [1.807, 2.05) is 36.4 Å². The van der Waals surface area contributed by atoms with Gasteiger partial charge in [-0.15, -0.1) is 0 Å². The number of carbonyl (C=O) groups excluding carboxylic acids is 1. The number of hydrogen-bond donors (Lipinski definition) is 4. The third-order valence-corrected chi connectivity index (χ3v) is 5.97. The zero-order chi connectivity index (χ0) is 21.6. The molecular formula is C22H25N5O3S. The number of anilines is 1. The van der Waals surface area contributed by atoms with Gasteiger partial charge in [0.05, 0.1) is 5.75 Å². The molecule has 0 spiro atoms. The van der Waals surface area contributed by atoms with Gasteiger partial charge < -0.3 is 10.6 Å². The van der Waals surface area contributed by atoms with Crippen LogP contribution in [0.1, 0.15) is 46.9 Å². The number of carbonyl (C=O) groups is 1. The first kappa shape index (κ1) is 21.2. The van der Waals surface area contributed by atoms with Crippen LogP contribution in [0.25, 0.3) is 11.4 Å². The summed E-state index contributed by atoms with van der Waals surface area (Å²) in [7, 11) is -2.38. The molecule has 4 rings (SSSR count). The minimum atomic E-state index is -2.38. The molecule has 1 saturated carbocycles. The van der Waals surface area contributed by atoms with Gasteiger partial charge in [-0.25, -0.2) is 13.4 Å². The zero-order valence-electron chi connectivity index (χ0n) is 17.0. The van der Waals surface area contributed by atoms with Gasteiger partial charge in [0, 0.05) is 35.8 Å². The van der Waals surface area contributed by atoms with Crippen LogP contribution in [-0.2, 0) is 17.2 Å². The van der Waals surface area contributed by atoms with E-state index in [2.05, 4.69) is 25.8 Å². The van der Waals surface area contributed by atoms with Crippen molar-refractivity contribution in [1.82, 2.24) is 20.5 Å². The number of nitrogens with one attached hydrogen (secondary N) is 3. The van der Waals surface area contributed by atoms with Crippen LogP contribution in [0.3, 0.4) is 0 Å². The minimum Gasteiger partial charge on any atom is -0.322 e. The molecule has 1 heterocycles. The summed E-state index contributed by atoms with van der Waals surface area (Å²) >= 11 is 0. The van der Waals surface area contributed by atoms with Gasteiger partial charge in [-0.1, -0.05) is 18.6 Å². The first-order valence-electron chi connectivity index (χ1n) is 10.3. The normalized spacial score (nSPS) is 13.8. The fourth-order valence-corrected chi connectivity index (χ4v) is 3.73. The Balaban J connectivity index is 1.35. The fourth-order valence-electron chi connectivity index (χ4n) is 3.39. The van der Waals surface area contributed by atoms with Crippen LogP contribution in [-0.4, -0.2) is 41.8 Å². The minimum absolute atomic E-state index is 0.0987. The lowest BCUT2D eigenvalue weighted by atomic mass is 9.85. The van der Waals surface area contributed by atoms with Crippen molar-refractivity contribution in [1.29, 1.82) is 0 Å². The molecule has 3 aromatic rings. The van der Waals surface area contributed by atoms with E-state index in [9.17, 15) is 13.2 Å². The Bertz CT molecular complexity index is 1110. The second-order valence-electron chi connectivity index (χ2n) is 7.64. The van der Waals surface area contributed by atoms with E-state index >= 15 is 0 Å². The van der Waals surface area contributed by atoms with E-state index in [-0.39, 0.29) is 11.7 Å². The SMILES string of the molecule is O=C(Nc1ccc(-c2nc(C3CCC3)n[nH]2)cc1)c1cccc(CNCC[SH](=O)=O)c1. The molecule has 1 amide bonds. The second-order valence-corrected chi connectivity index (χ2v) is 8.75. The maximum Gasteiger partial charge on any atom is 0.255 e. The molecule has 1 aromatic heterocycles. The molecule has 0 radical (unpaired) electrons. The highest BCUT2D eigenvalue weighted by Crippen LogP contribution is 2.34. The van der Waals surface area contributed by atoms with E-state index in [0.29, 0.717) is 30.3 Å². The number of aromatic nitrogens is 3. The van der Waals surface area contributed by atoms with Crippen molar-refractivity contribution in [2.75, 3.05) is 17.6 Å². The van der Waals surface area contributed by atoms with Crippen LogP contribution in [0.5, 0.6) is 0 Å². The monoisotopic (exact) mass is 439 g/mol. The molecule has 0 atom stereocenters. The van der Waals surface area contributed by atoms with Crippen LogP contribution in [0.4, 0.5) is 5.69 Å². The summed E-state index contributed by atoms with van der Waals surface area (Å²) in [4.78, 5) is 17.2. The quantitative estimate of drug-likeness (QED) is 0.301. The molecule has 1 aliphatic rings. The van der Waals surface area contributed by atoms with Crippen molar-refractivity contribution in [3.63, 3.8) is 0 Å². The summed E-state index contributed by atoms with van der Waals surface area (Å²) < 4.78 is 21.2. The fraction of sp³-hybridized carbons (Fsp3) is 0.318. The average Bonchev–Trinajstić information content (AvgIpc) is 3.20. The maximum atomic E-state index is 12.6. The number of aromatic amines is 1. The molecule has 0 aliphatic heterocycles. The molecular weight excluding hydrogens is 414 g/mol. The summed E-state index contributed by atoms with van der Waals surface area (Å²) in [6.07, 6.45) is 3.55. The molecule has 9 heteroatoms. The van der Waals surface area contributed by atoms with E-state index in [4.69, 9.17) is 0 Å². The van der Waals surface area contributed by atoms with E-state index in [1.54, 1.807) is 12.1 Å². The first-order valence-corrected chi connectivity index (χ1v) is 11.7. The molecule has 3 N–H and O–H groups in total. The van der Waals surface area contributed by atoms with Crippen LogP contribution in [0.15, 0.2) is 48.5 Å². The topological polar surface area (TPSA) is 117 Å². The number of hydrogen-bond acceptors (Lipinski definition) is 6. The molecule has 1 fully saturated rings. The van der Waals surface area contributed by atoms with Gasteiger partial charge in [-0.2, -0.15) is 5.10 Å². The molecule has 162 valence electrons. The standard InChI is InChI=1S/C22H25N5O3S/c28-22(18-6-1-3-15(13-18)14-23-11-12-31(29)30)24-19-9-7-17(8-10-19)21-25-20(26-27-21)16-4-2-5-16/h1,3,6-10,13,16,23,31H,2,4-5,11-12,14H2,(H,24,28)(H,25,26,27). The third-order valence-electron chi connectivity index (χ3n) is 5.38. The van der Waals surface area contributed by atoms with E-state index < -0.39 is 10.7 Å². The van der Waals surface area contributed by atoms with Gasteiger partial charge in [0.2, 0.25) is 0 Å². The third kappa shape index (κ3) is 5.56. The van der Waals surface area contributed by atoms with Gasteiger partial charge in [-0.3, -0.25) is 9.89 Å². The Hall–Kier alpha value is -3.04. The maximum absolute atomic E-state index is 12.6. The highest BCUT2D eigenvalue weighted by molar-refractivity contribution is 7.72. The molecule has 2 aromatic carbocycles. The summed E-state index contributed by atoms with van der Waals surface area (Å²) in [6, 6.07) is 14.7. The molecule has 0 bridgehead atoms. The largest absolute Gasteiger partial charge is 0.322 e. The molecule has 31 heavy (non-hydrogen) atoms. The van der Waals surface area contributed by atoms with Crippen LogP contribution in [0, 0.1) is 0 Å². The first-order chi connectivity index (χ1) is 15.1. The van der Waals surface area contributed by atoms with Crippen LogP contribution < -0.4 is 10.6 Å². The Morgan fingerprint density at radius 3 is 2.65 bits per heavy atom. The van der Waals surface area contributed by atoms with Crippen molar-refractivity contribution in [2.24, 2.45) is 0 Å². The molecule has 1 aliphatic carbocycles. The van der Waals surface area contributed by atoms with Crippen LogP contribution in [0.2, 0.25) is 0 Å². The summed E-state index contributed by atoms with van der Waals surface area (Å²) in [5, 5.41) is 13.3. The number of H-pyrrole nitrogens is 1. The number of benzene rings is 2. The molecule has 8 nitrogen and oxygen atoms in total. The van der Waals surface area contributed by atoms with Gasteiger partial charge in [0.15, 0.2) is 11.6 Å². The Labute approximate surface area is 182 Å². The summed E-state index contributed by atoms with van der Waals surface area (Å²) in [5.41, 5.74) is 3.06. The molecule has 0 unspecified atom stereocenters. The lowest BCUT2D eigenvalue weighted by Crippen LogP contribution is -2.19. The van der Waals surface area contributed by atoms with E-state index in [0.717, 1.165) is 35.6 Å². The van der Waals surface area contributed by atoms with Gasteiger partial charge in [0.25, 0.3) is 5.91 Å².